The Kier molecular flexibility index (Phi) is 3.31. The predicted octanol–water partition coefficient (Wildman–Crippen LogP) is 1.36. The third-order valence-electron chi connectivity index (χ3n) is 3.13. The highest BCUT2D eigenvalue weighted by atomic mass is 31.2. The molecule has 2 aliphatic rings. The van der Waals surface area contributed by atoms with Crippen molar-refractivity contribution in [1.82, 2.24) is 14.5 Å². The molecule has 7 heteroatoms. The lowest BCUT2D eigenvalue weighted by atomic mass is 10.2. The van der Waals surface area contributed by atoms with E-state index in [0.717, 1.165) is 37.5 Å². The third kappa shape index (κ3) is 2.81. The van der Waals surface area contributed by atoms with Gasteiger partial charge in [-0.25, -0.2) is 14.5 Å². The van der Waals surface area contributed by atoms with Crippen LogP contribution in [0.25, 0.3) is 0 Å². The Morgan fingerprint density at radius 1 is 1.21 bits per heavy atom. The molecule has 2 saturated heterocycles. The number of hydrogen-bond acceptors (Lipinski definition) is 3. The van der Waals surface area contributed by atoms with E-state index in [-0.39, 0.29) is 0 Å². The lowest BCUT2D eigenvalue weighted by molar-refractivity contribution is 0.415. The number of nitrogens with zero attached hydrogens (tertiary/aromatic N) is 3. The Morgan fingerprint density at radius 3 is 2.26 bits per heavy atom. The summed E-state index contributed by atoms with van der Waals surface area (Å²) in [6, 6.07) is 7.55. The molecule has 0 aromatic heterocycles. The first kappa shape index (κ1) is 12.7. The van der Waals surface area contributed by atoms with Crippen LogP contribution in [0.4, 0.5) is 0 Å². The van der Waals surface area contributed by atoms with Crippen LogP contribution < -0.4 is 9.93 Å². The molecular weight excluding hydrogens is 263 g/mol. The Labute approximate surface area is 112 Å². The van der Waals surface area contributed by atoms with E-state index in [1.54, 1.807) is 13.3 Å². The van der Waals surface area contributed by atoms with Gasteiger partial charge in [-0.05, 0) is 29.8 Å². The van der Waals surface area contributed by atoms with Crippen LogP contribution in [0.1, 0.15) is 5.56 Å². The van der Waals surface area contributed by atoms with E-state index in [9.17, 15) is 4.57 Å². The molecule has 0 amide bonds. The first-order chi connectivity index (χ1) is 9.22. The lowest BCUT2D eigenvalue weighted by Gasteiger charge is -2.18. The number of hydrogen-bond donors (Lipinski definition) is 1. The summed E-state index contributed by atoms with van der Waals surface area (Å²) in [6.07, 6.45) is 1.68. The molecule has 102 valence electrons. The van der Waals surface area contributed by atoms with Crippen LogP contribution in [0, 0.1) is 0 Å². The molecule has 0 saturated carbocycles. The molecule has 2 aliphatic heterocycles. The summed E-state index contributed by atoms with van der Waals surface area (Å²) in [5.74, 6) is 0.809. The SMILES string of the molecule is COc1ccc(/C=N/NP(=O)(N2CC2)N2CC2)cc1. The van der Waals surface area contributed by atoms with Gasteiger partial charge in [0.25, 0.3) is 0 Å². The number of benzene rings is 1. The highest BCUT2D eigenvalue weighted by Gasteiger charge is 2.48. The van der Waals surface area contributed by atoms with Gasteiger partial charge >= 0.3 is 7.59 Å². The molecule has 0 aliphatic carbocycles. The summed E-state index contributed by atoms with van der Waals surface area (Å²) >= 11 is 0. The molecule has 1 N–H and O–H groups in total. The molecule has 1 aromatic rings. The van der Waals surface area contributed by atoms with Gasteiger partial charge in [0.05, 0.1) is 13.3 Å². The maximum absolute atomic E-state index is 12.6. The standard InChI is InChI=1S/C12H17N4O2P/c1-18-12-4-2-11(3-5-12)10-13-14-19(17,15-6-7-15)16-8-9-16/h2-5,10H,6-9H2,1H3,(H,14,17)/b13-10+. The second-order valence-electron chi connectivity index (χ2n) is 4.58. The van der Waals surface area contributed by atoms with Gasteiger partial charge in [0.1, 0.15) is 5.75 Å². The Bertz CT molecular complexity index is 507. The summed E-state index contributed by atoms with van der Waals surface area (Å²) in [5.41, 5.74) is 0.941. The van der Waals surface area contributed by atoms with Crippen molar-refractivity contribution in [2.75, 3.05) is 33.3 Å². The molecule has 2 heterocycles. The van der Waals surface area contributed by atoms with Crippen molar-refractivity contribution >= 4 is 13.8 Å². The minimum Gasteiger partial charge on any atom is -0.497 e. The number of hydrazone groups is 1. The maximum atomic E-state index is 12.6. The van der Waals surface area contributed by atoms with Crippen LogP contribution in [0.2, 0.25) is 0 Å². The lowest BCUT2D eigenvalue weighted by Crippen LogP contribution is -2.16. The van der Waals surface area contributed by atoms with E-state index in [4.69, 9.17) is 4.74 Å². The molecule has 0 spiro atoms. The van der Waals surface area contributed by atoms with Crippen LogP contribution in [-0.4, -0.2) is 48.8 Å². The van der Waals surface area contributed by atoms with Gasteiger partial charge in [-0.15, -0.1) is 0 Å². The zero-order chi connectivity index (χ0) is 13.3. The van der Waals surface area contributed by atoms with Crippen molar-refractivity contribution in [2.24, 2.45) is 5.10 Å². The molecule has 0 bridgehead atoms. The summed E-state index contributed by atoms with van der Waals surface area (Å²) in [5, 5.41) is 6.97. The van der Waals surface area contributed by atoms with Gasteiger partial charge < -0.3 is 4.74 Å². The van der Waals surface area contributed by atoms with Crippen molar-refractivity contribution < 1.29 is 9.30 Å². The van der Waals surface area contributed by atoms with Crippen LogP contribution in [-0.2, 0) is 4.57 Å². The second-order valence-corrected chi connectivity index (χ2v) is 7.00. The molecule has 0 unspecified atom stereocenters. The molecule has 0 atom stereocenters. The Balaban J connectivity index is 1.63. The van der Waals surface area contributed by atoms with E-state index < -0.39 is 7.59 Å². The van der Waals surface area contributed by atoms with E-state index in [2.05, 4.69) is 10.3 Å². The van der Waals surface area contributed by atoms with Crippen LogP contribution in [0.3, 0.4) is 0 Å². The van der Waals surface area contributed by atoms with E-state index >= 15 is 0 Å². The molecule has 2 fully saturated rings. The molecule has 6 nitrogen and oxygen atoms in total. The van der Waals surface area contributed by atoms with Gasteiger partial charge in [0, 0.05) is 26.2 Å². The quantitative estimate of drug-likeness (QED) is 0.369. The number of methoxy groups -OCH3 is 1. The predicted molar refractivity (Wildman–Crippen MR) is 74.5 cm³/mol. The monoisotopic (exact) mass is 280 g/mol. The molecular formula is C12H17N4O2P. The van der Waals surface area contributed by atoms with Crippen molar-refractivity contribution in [1.29, 1.82) is 0 Å². The average Bonchev–Trinajstić information content (AvgIpc) is 3.32. The summed E-state index contributed by atoms with van der Waals surface area (Å²) in [6.45, 7) is 3.55. The van der Waals surface area contributed by atoms with E-state index in [1.165, 1.54) is 0 Å². The zero-order valence-corrected chi connectivity index (χ0v) is 11.7. The van der Waals surface area contributed by atoms with Gasteiger partial charge in [-0.1, -0.05) is 0 Å². The van der Waals surface area contributed by atoms with Crippen LogP contribution in [0.5, 0.6) is 5.75 Å². The van der Waals surface area contributed by atoms with Crippen molar-refractivity contribution in [3.8, 4) is 5.75 Å². The average molecular weight is 280 g/mol. The second kappa shape index (κ2) is 4.96. The van der Waals surface area contributed by atoms with E-state index in [1.807, 2.05) is 33.6 Å². The van der Waals surface area contributed by atoms with Gasteiger partial charge in [-0.3, -0.25) is 4.57 Å². The number of ether oxygens (including phenoxy) is 1. The van der Waals surface area contributed by atoms with Gasteiger partial charge in [0.15, 0.2) is 0 Å². The fourth-order valence-electron chi connectivity index (χ4n) is 1.81. The number of nitrogens with one attached hydrogen (secondary N) is 1. The molecule has 19 heavy (non-hydrogen) atoms. The largest absolute Gasteiger partial charge is 0.497 e. The summed E-state index contributed by atoms with van der Waals surface area (Å²) in [4.78, 5) is 0. The van der Waals surface area contributed by atoms with Gasteiger partial charge in [-0.2, -0.15) is 5.10 Å². The minimum absolute atomic E-state index is 0.809. The van der Waals surface area contributed by atoms with Crippen molar-refractivity contribution in [3.05, 3.63) is 29.8 Å². The molecule has 1 aromatic carbocycles. The Morgan fingerprint density at radius 2 is 1.79 bits per heavy atom. The fraction of sp³-hybridized carbons (Fsp3) is 0.417. The fourth-order valence-corrected chi connectivity index (χ4v) is 3.89. The smallest absolute Gasteiger partial charge is 0.324 e. The van der Waals surface area contributed by atoms with Gasteiger partial charge in [0.2, 0.25) is 0 Å². The number of rotatable bonds is 6. The first-order valence-corrected chi connectivity index (χ1v) is 7.89. The summed E-state index contributed by atoms with van der Waals surface area (Å²) < 4.78 is 21.6. The first-order valence-electron chi connectivity index (χ1n) is 6.28. The normalized spacial score (nSPS) is 19.6. The van der Waals surface area contributed by atoms with Crippen molar-refractivity contribution in [3.63, 3.8) is 0 Å². The molecule has 3 rings (SSSR count). The summed E-state index contributed by atoms with van der Waals surface area (Å²) in [7, 11) is -0.965. The Hall–Kier alpha value is -1.36. The third-order valence-corrected chi connectivity index (χ3v) is 5.84. The topological polar surface area (TPSA) is 56.7 Å². The minimum atomic E-state index is -2.60. The maximum Gasteiger partial charge on any atom is 0.324 e. The highest BCUT2D eigenvalue weighted by Crippen LogP contribution is 2.56. The van der Waals surface area contributed by atoms with Crippen molar-refractivity contribution in [2.45, 2.75) is 0 Å². The van der Waals surface area contributed by atoms with Crippen LogP contribution in [0.15, 0.2) is 29.4 Å². The van der Waals surface area contributed by atoms with E-state index in [0.29, 0.717) is 0 Å². The zero-order valence-electron chi connectivity index (χ0n) is 10.8. The van der Waals surface area contributed by atoms with Crippen LogP contribution >= 0.6 is 7.59 Å². The highest BCUT2D eigenvalue weighted by molar-refractivity contribution is 7.57. The molecule has 0 radical (unpaired) electrons.